The second-order valence-electron chi connectivity index (χ2n) is 3.71. The first-order valence-electron chi connectivity index (χ1n) is 5.65. The number of rotatable bonds is 8. The predicted octanol–water partition coefficient (Wildman–Crippen LogP) is 1.33. The molecule has 1 heterocycles. The molecule has 0 saturated carbocycles. The van der Waals surface area contributed by atoms with Gasteiger partial charge in [0.1, 0.15) is 0 Å². The van der Waals surface area contributed by atoms with Crippen LogP contribution in [0.3, 0.4) is 0 Å². The number of aliphatic carboxylic acids is 1. The van der Waals surface area contributed by atoms with Crippen LogP contribution in [-0.2, 0) is 11.3 Å². The number of aromatic amines is 1. The first-order chi connectivity index (χ1) is 8.15. The van der Waals surface area contributed by atoms with E-state index in [-0.39, 0.29) is 11.4 Å². The maximum absolute atomic E-state index is 11.4. The molecule has 7 heteroatoms. The number of thioether (sulfide) groups is 1. The summed E-state index contributed by atoms with van der Waals surface area (Å²) < 4.78 is 1.50. The molecule has 17 heavy (non-hydrogen) atoms. The Morgan fingerprint density at radius 2 is 2.24 bits per heavy atom. The molecule has 2 N–H and O–H groups in total. The molecule has 6 nitrogen and oxygen atoms in total. The molecule has 0 unspecified atom stereocenters. The summed E-state index contributed by atoms with van der Waals surface area (Å²) in [5.74, 6) is -0.998. The van der Waals surface area contributed by atoms with E-state index in [0.29, 0.717) is 11.7 Å². The normalized spacial score (nSPS) is 10.6. The van der Waals surface area contributed by atoms with Crippen LogP contribution in [-0.4, -0.2) is 31.6 Å². The van der Waals surface area contributed by atoms with Crippen molar-refractivity contribution in [3.05, 3.63) is 10.5 Å². The van der Waals surface area contributed by atoms with E-state index in [1.807, 2.05) is 0 Å². The Hall–Kier alpha value is -1.24. The molecule has 1 rings (SSSR count). The molecule has 0 aliphatic carbocycles. The van der Waals surface area contributed by atoms with Gasteiger partial charge in [0.2, 0.25) is 0 Å². The van der Waals surface area contributed by atoms with Gasteiger partial charge in [0, 0.05) is 6.54 Å². The highest BCUT2D eigenvalue weighted by Gasteiger charge is 2.10. The number of H-pyrrole nitrogens is 1. The zero-order valence-corrected chi connectivity index (χ0v) is 10.6. The third-order valence-electron chi connectivity index (χ3n) is 2.28. The van der Waals surface area contributed by atoms with Crippen LogP contribution in [0.5, 0.6) is 0 Å². The highest BCUT2D eigenvalue weighted by Crippen LogP contribution is 2.13. The molecular formula is C10H17N3O3S. The SMILES string of the molecule is CCCCCCn1c(SCC(=O)O)n[nH]c1=O. The largest absolute Gasteiger partial charge is 0.481 e. The van der Waals surface area contributed by atoms with Gasteiger partial charge in [0.25, 0.3) is 0 Å². The number of carbonyl (C=O) groups is 1. The van der Waals surface area contributed by atoms with Gasteiger partial charge >= 0.3 is 11.7 Å². The van der Waals surface area contributed by atoms with Crippen LogP contribution in [0.25, 0.3) is 0 Å². The van der Waals surface area contributed by atoms with Gasteiger partial charge in [0.05, 0.1) is 5.75 Å². The lowest BCUT2D eigenvalue weighted by molar-refractivity contribution is -0.133. The van der Waals surface area contributed by atoms with Crippen molar-refractivity contribution in [1.29, 1.82) is 0 Å². The molecule has 0 saturated heterocycles. The summed E-state index contributed by atoms with van der Waals surface area (Å²) in [6.07, 6.45) is 4.26. The quantitative estimate of drug-likeness (QED) is 0.543. The van der Waals surface area contributed by atoms with Crippen molar-refractivity contribution in [2.24, 2.45) is 0 Å². The Morgan fingerprint density at radius 3 is 2.88 bits per heavy atom. The second kappa shape index (κ2) is 7.16. The number of nitrogens with one attached hydrogen (secondary N) is 1. The molecule has 0 amide bonds. The van der Waals surface area contributed by atoms with Crippen LogP contribution >= 0.6 is 11.8 Å². The van der Waals surface area contributed by atoms with E-state index in [0.717, 1.165) is 37.4 Å². The van der Waals surface area contributed by atoms with Crippen molar-refractivity contribution < 1.29 is 9.90 Å². The van der Waals surface area contributed by atoms with Crippen LogP contribution in [0.2, 0.25) is 0 Å². The average molecular weight is 259 g/mol. The minimum Gasteiger partial charge on any atom is -0.481 e. The summed E-state index contributed by atoms with van der Waals surface area (Å²) in [6.45, 7) is 2.72. The number of carboxylic acids is 1. The predicted molar refractivity (Wildman–Crippen MR) is 65.3 cm³/mol. The zero-order chi connectivity index (χ0) is 12.7. The lowest BCUT2D eigenvalue weighted by atomic mass is 10.2. The van der Waals surface area contributed by atoms with Crippen LogP contribution in [0.15, 0.2) is 9.95 Å². The maximum atomic E-state index is 11.4. The Labute approximate surface area is 103 Å². The van der Waals surface area contributed by atoms with Crippen LogP contribution in [0, 0.1) is 0 Å². The Morgan fingerprint density at radius 1 is 1.47 bits per heavy atom. The standard InChI is InChI=1S/C10H17N3O3S/c1-2-3-4-5-6-13-9(16)11-12-10(13)17-7-8(14)15/h2-7H2,1H3,(H,11,16)(H,14,15). The topological polar surface area (TPSA) is 88.0 Å². The fourth-order valence-corrected chi connectivity index (χ4v) is 2.13. The Kier molecular flexibility index (Phi) is 5.82. The van der Waals surface area contributed by atoms with Crippen molar-refractivity contribution in [3.63, 3.8) is 0 Å². The number of hydrogen-bond acceptors (Lipinski definition) is 4. The molecule has 0 aromatic carbocycles. The van der Waals surface area contributed by atoms with Crippen LogP contribution in [0.1, 0.15) is 32.6 Å². The van der Waals surface area contributed by atoms with E-state index in [2.05, 4.69) is 17.1 Å². The highest BCUT2D eigenvalue weighted by atomic mass is 32.2. The summed E-state index contributed by atoms with van der Waals surface area (Å²) in [4.78, 5) is 21.9. The third-order valence-corrected chi connectivity index (χ3v) is 3.24. The lowest BCUT2D eigenvalue weighted by Gasteiger charge is -2.03. The van der Waals surface area contributed by atoms with Gasteiger partial charge in [-0.25, -0.2) is 9.89 Å². The molecule has 1 aromatic heterocycles. The summed E-state index contributed by atoms with van der Waals surface area (Å²) in [5, 5.41) is 15.2. The molecule has 0 bridgehead atoms. The van der Waals surface area contributed by atoms with Gasteiger partial charge in [-0.15, -0.1) is 5.10 Å². The smallest absolute Gasteiger partial charge is 0.343 e. The molecule has 1 aromatic rings. The van der Waals surface area contributed by atoms with Gasteiger partial charge in [-0.1, -0.05) is 37.9 Å². The maximum Gasteiger partial charge on any atom is 0.343 e. The summed E-state index contributed by atoms with van der Waals surface area (Å²) in [5.41, 5.74) is -0.269. The van der Waals surface area contributed by atoms with Crippen LogP contribution < -0.4 is 5.69 Å². The van der Waals surface area contributed by atoms with Crippen molar-refractivity contribution >= 4 is 17.7 Å². The number of nitrogens with zero attached hydrogens (tertiary/aromatic N) is 2. The Bertz CT molecular complexity index is 413. The monoisotopic (exact) mass is 259 g/mol. The van der Waals surface area contributed by atoms with Gasteiger partial charge < -0.3 is 5.11 Å². The van der Waals surface area contributed by atoms with Gasteiger partial charge in [-0.3, -0.25) is 9.36 Å². The van der Waals surface area contributed by atoms with E-state index in [9.17, 15) is 9.59 Å². The lowest BCUT2D eigenvalue weighted by Crippen LogP contribution is -2.18. The summed E-state index contributed by atoms with van der Waals surface area (Å²) in [7, 11) is 0. The summed E-state index contributed by atoms with van der Waals surface area (Å²) >= 11 is 1.06. The van der Waals surface area contributed by atoms with Crippen molar-refractivity contribution in [1.82, 2.24) is 14.8 Å². The fourth-order valence-electron chi connectivity index (χ4n) is 1.43. The Balaban J connectivity index is 2.53. The average Bonchev–Trinajstić information content (AvgIpc) is 2.63. The van der Waals surface area contributed by atoms with E-state index in [4.69, 9.17) is 5.11 Å². The molecule has 96 valence electrons. The molecule has 0 spiro atoms. The van der Waals surface area contributed by atoms with Crippen LogP contribution in [0.4, 0.5) is 0 Å². The molecule has 0 aliphatic heterocycles. The third kappa shape index (κ3) is 4.64. The first kappa shape index (κ1) is 13.8. The zero-order valence-electron chi connectivity index (χ0n) is 9.81. The number of aromatic nitrogens is 3. The molecular weight excluding hydrogens is 242 g/mol. The molecule has 0 fully saturated rings. The first-order valence-corrected chi connectivity index (χ1v) is 6.63. The van der Waals surface area contributed by atoms with E-state index in [1.165, 1.54) is 4.57 Å². The van der Waals surface area contributed by atoms with Gasteiger partial charge in [-0.2, -0.15) is 0 Å². The molecule has 0 aliphatic rings. The van der Waals surface area contributed by atoms with Crippen molar-refractivity contribution in [2.45, 2.75) is 44.3 Å². The van der Waals surface area contributed by atoms with Gasteiger partial charge in [-0.05, 0) is 6.42 Å². The van der Waals surface area contributed by atoms with Crippen molar-refractivity contribution in [2.75, 3.05) is 5.75 Å². The van der Waals surface area contributed by atoms with Gasteiger partial charge in [0.15, 0.2) is 5.16 Å². The summed E-state index contributed by atoms with van der Waals surface area (Å²) in [6, 6.07) is 0. The van der Waals surface area contributed by atoms with E-state index >= 15 is 0 Å². The second-order valence-corrected chi connectivity index (χ2v) is 4.65. The molecule has 0 atom stereocenters. The van der Waals surface area contributed by atoms with Crippen molar-refractivity contribution in [3.8, 4) is 0 Å². The number of unbranched alkanes of at least 4 members (excludes halogenated alkanes) is 3. The minimum atomic E-state index is -0.914. The van der Waals surface area contributed by atoms with E-state index in [1.54, 1.807) is 0 Å². The highest BCUT2D eigenvalue weighted by molar-refractivity contribution is 7.99. The number of hydrogen-bond donors (Lipinski definition) is 2. The number of carboxylic acid groups (broad SMARTS) is 1. The minimum absolute atomic E-state index is 0.0841. The fraction of sp³-hybridized carbons (Fsp3) is 0.700. The molecule has 0 radical (unpaired) electrons. The van der Waals surface area contributed by atoms with E-state index < -0.39 is 5.97 Å².